The third-order valence-electron chi connectivity index (χ3n) is 4.50. The zero-order chi connectivity index (χ0) is 14.3. The van der Waals surface area contributed by atoms with Crippen molar-refractivity contribution in [2.45, 2.75) is 78.3 Å². The molecule has 1 saturated heterocycles. The van der Waals surface area contributed by atoms with Crippen LogP contribution in [0.15, 0.2) is 0 Å². The van der Waals surface area contributed by atoms with Crippen LogP contribution in [-0.2, 0) is 0 Å². The summed E-state index contributed by atoms with van der Waals surface area (Å²) >= 11 is 1.50. The molecule has 2 aliphatic carbocycles. The van der Waals surface area contributed by atoms with E-state index >= 15 is 0 Å². The van der Waals surface area contributed by atoms with Crippen LogP contribution in [0.2, 0.25) is 0 Å². The van der Waals surface area contributed by atoms with E-state index in [0.717, 1.165) is 12.1 Å². The highest BCUT2D eigenvalue weighted by atomic mass is 32.2. The second-order valence-electron chi connectivity index (χ2n) is 5.57. The average molecular weight is 288 g/mol. The highest BCUT2D eigenvalue weighted by molar-refractivity contribution is 7.94. The van der Waals surface area contributed by atoms with Gasteiger partial charge in [-0.15, -0.1) is 0 Å². The molecule has 0 atom stereocenters. The molecule has 1 heterocycles. The Morgan fingerprint density at radius 3 is 1.89 bits per heavy atom. The molecule has 114 valence electrons. The molecule has 0 aromatic heterocycles. The zero-order valence-electron chi connectivity index (χ0n) is 13.2. The van der Waals surface area contributed by atoms with E-state index < -0.39 is 0 Å². The molecule has 1 spiro atoms. The first-order valence-corrected chi connectivity index (χ1v) is 9.03. The third-order valence-corrected chi connectivity index (χ3v) is 5.34. The largest absolute Gasteiger partial charge is 0.316 e. The van der Waals surface area contributed by atoms with Gasteiger partial charge in [-0.25, -0.2) is 4.31 Å². The maximum Gasteiger partial charge on any atom is 0.0230 e. The molecule has 0 unspecified atom stereocenters. The Labute approximate surface area is 124 Å². The molecule has 19 heavy (non-hydrogen) atoms. The van der Waals surface area contributed by atoms with Gasteiger partial charge in [-0.3, -0.25) is 5.14 Å². The highest BCUT2D eigenvalue weighted by Crippen LogP contribution is 2.49. The lowest BCUT2D eigenvalue weighted by atomic mass is 9.61. The van der Waals surface area contributed by atoms with Crippen molar-refractivity contribution in [3.05, 3.63) is 0 Å². The van der Waals surface area contributed by atoms with E-state index in [9.17, 15) is 0 Å². The van der Waals surface area contributed by atoms with E-state index in [0.29, 0.717) is 5.41 Å². The van der Waals surface area contributed by atoms with Crippen molar-refractivity contribution in [1.29, 1.82) is 0 Å². The number of rotatable bonds is 3. The van der Waals surface area contributed by atoms with Gasteiger partial charge in [0.05, 0.1) is 0 Å². The summed E-state index contributed by atoms with van der Waals surface area (Å²) in [7, 11) is 0. The van der Waals surface area contributed by atoms with Crippen LogP contribution in [0.5, 0.6) is 0 Å². The molecule has 3 aliphatic rings. The van der Waals surface area contributed by atoms with Crippen LogP contribution >= 0.6 is 12.1 Å². The zero-order valence-corrected chi connectivity index (χ0v) is 14.1. The molecular formula is C15H33N3S. The monoisotopic (exact) mass is 287 g/mol. The number of nitrogens with zero attached hydrogens (tertiary/aromatic N) is 1. The molecule has 0 bridgehead atoms. The van der Waals surface area contributed by atoms with Gasteiger partial charge in [0.1, 0.15) is 0 Å². The summed E-state index contributed by atoms with van der Waals surface area (Å²) in [4.78, 5) is 0. The Bertz CT molecular complexity index is 230. The number of hydrogen-bond acceptors (Lipinski definition) is 4. The Hall–Kier alpha value is 0.230. The van der Waals surface area contributed by atoms with Gasteiger partial charge in [0.25, 0.3) is 0 Å². The summed E-state index contributed by atoms with van der Waals surface area (Å²) in [6.45, 7) is 10.5. The van der Waals surface area contributed by atoms with E-state index in [1.165, 1.54) is 63.7 Å². The summed E-state index contributed by atoms with van der Waals surface area (Å²) in [5, 5.41) is 9.23. The van der Waals surface area contributed by atoms with Crippen molar-refractivity contribution in [1.82, 2.24) is 9.62 Å². The van der Waals surface area contributed by atoms with Gasteiger partial charge in [-0.05, 0) is 31.1 Å². The van der Waals surface area contributed by atoms with Gasteiger partial charge >= 0.3 is 0 Å². The minimum Gasteiger partial charge on any atom is -0.316 e. The molecule has 4 heteroatoms. The number of nitrogens with two attached hydrogens (primary N) is 1. The molecule has 3 rings (SSSR count). The van der Waals surface area contributed by atoms with E-state index in [1.54, 1.807) is 0 Å². The normalized spacial score (nSPS) is 24.9. The topological polar surface area (TPSA) is 41.3 Å². The predicted octanol–water partition coefficient (Wildman–Crippen LogP) is 3.56. The quantitative estimate of drug-likeness (QED) is 0.779. The maximum atomic E-state index is 5.84. The summed E-state index contributed by atoms with van der Waals surface area (Å²) in [5.41, 5.74) is 0.678. The Balaban J connectivity index is 0.000000415. The summed E-state index contributed by atoms with van der Waals surface area (Å²) in [5.74, 6) is 0. The van der Waals surface area contributed by atoms with Gasteiger partial charge in [0.2, 0.25) is 0 Å². The fraction of sp³-hybridized carbons (Fsp3) is 1.00. The van der Waals surface area contributed by atoms with Crippen LogP contribution in [0.3, 0.4) is 0 Å². The molecule has 1 aliphatic heterocycles. The van der Waals surface area contributed by atoms with Gasteiger partial charge in [-0.2, -0.15) is 0 Å². The molecular weight excluding hydrogens is 254 g/mol. The third kappa shape index (κ3) is 3.87. The van der Waals surface area contributed by atoms with Crippen molar-refractivity contribution < 1.29 is 0 Å². The number of nitrogens with one attached hydrogen (secondary N) is 1. The lowest BCUT2D eigenvalue weighted by Crippen LogP contribution is -2.65. The van der Waals surface area contributed by atoms with Crippen LogP contribution in [0.25, 0.3) is 0 Å². The summed E-state index contributed by atoms with van der Waals surface area (Å²) in [6.07, 6.45) is 8.29. The van der Waals surface area contributed by atoms with Crippen molar-refractivity contribution in [3.8, 4) is 0 Å². The molecule has 3 nitrogen and oxygen atoms in total. The fourth-order valence-corrected chi connectivity index (χ4v) is 4.22. The van der Waals surface area contributed by atoms with Crippen molar-refractivity contribution >= 4 is 12.1 Å². The second-order valence-corrected chi connectivity index (χ2v) is 6.20. The molecule has 0 amide bonds. The van der Waals surface area contributed by atoms with Crippen LogP contribution in [-0.4, -0.2) is 29.5 Å². The van der Waals surface area contributed by atoms with Gasteiger partial charge in [0.15, 0.2) is 0 Å². The van der Waals surface area contributed by atoms with E-state index in [2.05, 4.69) is 9.62 Å². The second kappa shape index (κ2) is 8.50. The molecule has 0 aromatic carbocycles. The lowest BCUT2D eigenvalue weighted by molar-refractivity contribution is -0.0130. The van der Waals surface area contributed by atoms with Crippen LogP contribution in [0, 0.1) is 5.41 Å². The fourth-order valence-electron chi connectivity index (χ4n) is 3.52. The van der Waals surface area contributed by atoms with E-state index in [4.69, 9.17) is 5.14 Å². The minimum atomic E-state index is 0.678. The Kier molecular flexibility index (Phi) is 7.73. The van der Waals surface area contributed by atoms with Gasteiger partial charge in [0, 0.05) is 37.3 Å². The molecule has 3 fully saturated rings. The first-order chi connectivity index (χ1) is 9.33. The summed E-state index contributed by atoms with van der Waals surface area (Å²) < 4.78 is 2.51. The molecule has 2 saturated carbocycles. The van der Waals surface area contributed by atoms with Crippen molar-refractivity contribution in [2.75, 3.05) is 13.1 Å². The first-order valence-electron chi connectivity index (χ1n) is 8.19. The highest BCUT2D eigenvalue weighted by Gasteiger charge is 2.51. The molecule has 0 aromatic rings. The SMILES string of the molecule is CC.CC.NSN(C1CCCC1)C1CC2(CNC2)C1. The smallest absolute Gasteiger partial charge is 0.0230 e. The Morgan fingerprint density at radius 1 is 1.00 bits per heavy atom. The van der Waals surface area contributed by atoms with E-state index in [1.807, 2.05) is 27.7 Å². The van der Waals surface area contributed by atoms with Crippen LogP contribution in [0.4, 0.5) is 0 Å². The van der Waals surface area contributed by atoms with E-state index in [-0.39, 0.29) is 0 Å². The minimum absolute atomic E-state index is 0.678. The molecule has 0 radical (unpaired) electrons. The Morgan fingerprint density at radius 2 is 1.53 bits per heavy atom. The van der Waals surface area contributed by atoms with Crippen molar-refractivity contribution in [2.24, 2.45) is 10.6 Å². The standard InChI is InChI=1S/C11H21N3S.2C2H6/c12-15-14(9-3-1-2-4-9)10-5-11(6-10)7-13-8-11;2*1-2/h9-10,13H,1-8,12H2;2*1-2H3. The first kappa shape index (κ1) is 17.3. The van der Waals surface area contributed by atoms with Crippen LogP contribution in [0.1, 0.15) is 66.2 Å². The van der Waals surface area contributed by atoms with Gasteiger partial charge < -0.3 is 5.32 Å². The average Bonchev–Trinajstić information content (AvgIpc) is 2.89. The van der Waals surface area contributed by atoms with Crippen molar-refractivity contribution in [3.63, 3.8) is 0 Å². The van der Waals surface area contributed by atoms with Gasteiger partial charge in [-0.1, -0.05) is 40.5 Å². The lowest BCUT2D eigenvalue weighted by Gasteiger charge is -2.57. The predicted molar refractivity (Wildman–Crippen MR) is 86.9 cm³/mol. The van der Waals surface area contributed by atoms with Crippen LogP contribution < -0.4 is 10.5 Å². The number of hydrogen-bond donors (Lipinski definition) is 2. The molecule has 3 N–H and O–H groups in total. The maximum absolute atomic E-state index is 5.84. The summed E-state index contributed by atoms with van der Waals surface area (Å²) in [6, 6.07) is 1.54.